The van der Waals surface area contributed by atoms with E-state index in [0.29, 0.717) is 57.2 Å². The molecule has 0 atom stereocenters. The summed E-state index contributed by atoms with van der Waals surface area (Å²) >= 11 is 1.08. The molecule has 1 N–H and O–H groups in total. The van der Waals surface area contributed by atoms with Crippen LogP contribution in [-0.2, 0) is 4.74 Å². The zero-order valence-corrected chi connectivity index (χ0v) is 23.5. The maximum absolute atomic E-state index is 13.8. The van der Waals surface area contributed by atoms with Gasteiger partial charge in [0.15, 0.2) is 11.5 Å². The predicted molar refractivity (Wildman–Crippen MR) is 154 cm³/mol. The molecule has 1 aliphatic heterocycles. The molecule has 1 aliphatic rings. The number of benzene rings is 2. The molecular weight excluding hydrogens is 530 g/mol. The van der Waals surface area contributed by atoms with E-state index >= 15 is 0 Å². The summed E-state index contributed by atoms with van der Waals surface area (Å²) in [6.45, 7) is 8.56. The molecule has 2 aromatic carbocycles. The standard InChI is InChI=1S/C30H29N3O6S/c1-5-33(6-2)29(35)26-17(4)25(30(36)37-7-3)28(40-26)32-27(34)20-15-22(31-21-11-9-8-10-19(20)21)18-12-13-23-24(14-18)39-16-38-23/h8-15H,5-7,16H2,1-4H3,(H,32,34). The van der Waals surface area contributed by atoms with Crippen molar-refractivity contribution in [3.05, 3.63) is 70.1 Å². The molecule has 2 aromatic heterocycles. The first kappa shape index (κ1) is 27.1. The Kier molecular flexibility index (Phi) is 7.70. The summed E-state index contributed by atoms with van der Waals surface area (Å²) in [5.74, 6) is 0.0344. The minimum atomic E-state index is -0.592. The minimum absolute atomic E-state index is 0.152. The third kappa shape index (κ3) is 4.98. The van der Waals surface area contributed by atoms with Gasteiger partial charge >= 0.3 is 5.97 Å². The van der Waals surface area contributed by atoms with Gasteiger partial charge in [0.2, 0.25) is 6.79 Å². The second kappa shape index (κ2) is 11.4. The van der Waals surface area contributed by atoms with Gasteiger partial charge in [-0.1, -0.05) is 18.2 Å². The van der Waals surface area contributed by atoms with Crippen molar-refractivity contribution in [3.63, 3.8) is 0 Å². The minimum Gasteiger partial charge on any atom is -0.462 e. The molecule has 206 valence electrons. The Hall–Kier alpha value is -4.44. The average molecular weight is 560 g/mol. The summed E-state index contributed by atoms with van der Waals surface area (Å²) in [4.78, 5) is 46.9. The van der Waals surface area contributed by atoms with Crippen molar-refractivity contribution in [1.82, 2.24) is 9.88 Å². The number of nitrogens with one attached hydrogen (secondary N) is 1. The highest BCUT2D eigenvalue weighted by atomic mass is 32.1. The van der Waals surface area contributed by atoms with Gasteiger partial charge in [0, 0.05) is 24.0 Å². The van der Waals surface area contributed by atoms with E-state index in [0.717, 1.165) is 16.9 Å². The Morgan fingerprint density at radius 1 is 1.02 bits per heavy atom. The fourth-order valence-corrected chi connectivity index (χ4v) is 5.80. The van der Waals surface area contributed by atoms with E-state index in [2.05, 4.69) is 5.32 Å². The number of nitrogens with zero attached hydrogens (tertiary/aromatic N) is 2. The van der Waals surface area contributed by atoms with E-state index in [1.54, 1.807) is 24.8 Å². The van der Waals surface area contributed by atoms with Crippen molar-refractivity contribution in [3.8, 4) is 22.8 Å². The molecule has 0 bridgehead atoms. The number of hydrogen-bond acceptors (Lipinski definition) is 8. The molecule has 3 heterocycles. The Balaban J connectivity index is 1.57. The summed E-state index contributed by atoms with van der Waals surface area (Å²) in [5.41, 5.74) is 3.01. The molecule has 0 spiro atoms. The molecule has 5 rings (SSSR count). The molecule has 0 radical (unpaired) electrons. The lowest BCUT2D eigenvalue weighted by Crippen LogP contribution is -2.30. The lowest BCUT2D eigenvalue weighted by atomic mass is 10.0. The maximum atomic E-state index is 13.8. The molecule has 0 unspecified atom stereocenters. The van der Waals surface area contributed by atoms with Crippen molar-refractivity contribution in [1.29, 1.82) is 0 Å². The predicted octanol–water partition coefficient (Wildman–Crippen LogP) is 5.91. The molecule has 0 aliphatic carbocycles. The van der Waals surface area contributed by atoms with Crippen LogP contribution in [0.3, 0.4) is 0 Å². The zero-order chi connectivity index (χ0) is 28.4. The summed E-state index contributed by atoms with van der Waals surface area (Å²) in [5, 5.41) is 3.82. The van der Waals surface area contributed by atoms with E-state index in [4.69, 9.17) is 19.2 Å². The Labute approximate surface area is 235 Å². The first-order valence-corrected chi connectivity index (χ1v) is 13.9. The topological polar surface area (TPSA) is 107 Å². The number of para-hydroxylation sites is 1. The first-order valence-electron chi connectivity index (χ1n) is 13.1. The van der Waals surface area contributed by atoms with E-state index in [-0.39, 0.29) is 29.9 Å². The highest BCUT2D eigenvalue weighted by Crippen LogP contribution is 2.38. The number of amides is 2. The second-order valence-corrected chi connectivity index (χ2v) is 10.1. The number of carbonyl (C=O) groups is 3. The highest BCUT2D eigenvalue weighted by Gasteiger charge is 2.29. The van der Waals surface area contributed by atoms with Crippen LogP contribution in [0, 0.1) is 6.92 Å². The number of thiophene rings is 1. The lowest BCUT2D eigenvalue weighted by molar-refractivity contribution is 0.0527. The third-order valence-electron chi connectivity index (χ3n) is 6.73. The van der Waals surface area contributed by atoms with E-state index in [1.807, 2.05) is 56.3 Å². The number of aromatic nitrogens is 1. The normalized spacial score (nSPS) is 11.9. The zero-order valence-electron chi connectivity index (χ0n) is 22.7. The van der Waals surface area contributed by atoms with Gasteiger partial charge in [-0.05, 0) is 63.6 Å². The largest absolute Gasteiger partial charge is 0.462 e. The first-order chi connectivity index (χ1) is 19.4. The van der Waals surface area contributed by atoms with Gasteiger partial charge in [-0.2, -0.15) is 0 Å². The number of ether oxygens (including phenoxy) is 3. The van der Waals surface area contributed by atoms with Crippen LogP contribution in [-0.4, -0.2) is 54.2 Å². The Bertz CT molecular complexity index is 1630. The van der Waals surface area contributed by atoms with Crippen molar-refractivity contribution >= 4 is 45.0 Å². The Morgan fingerprint density at radius 2 is 1.77 bits per heavy atom. The maximum Gasteiger partial charge on any atom is 0.341 e. The molecule has 0 saturated heterocycles. The van der Waals surface area contributed by atoms with Crippen LogP contribution in [0.1, 0.15) is 56.7 Å². The van der Waals surface area contributed by atoms with Crippen molar-refractivity contribution in [2.45, 2.75) is 27.7 Å². The van der Waals surface area contributed by atoms with Crippen LogP contribution in [0.4, 0.5) is 5.00 Å². The third-order valence-corrected chi connectivity index (χ3v) is 7.92. The Morgan fingerprint density at radius 3 is 2.52 bits per heavy atom. The molecule has 0 fully saturated rings. The smallest absolute Gasteiger partial charge is 0.341 e. The molecule has 0 saturated carbocycles. The van der Waals surface area contributed by atoms with Crippen molar-refractivity contribution in [2.24, 2.45) is 0 Å². The van der Waals surface area contributed by atoms with Gasteiger partial charge in [0.05, 0.1) is 33.8 Å². The number of pyridine rings is 1. The number of rotatable bonds is 8. The van der Waals surface area contributed by atoms with Crippen LogP contribution in [0.25, 0.3) is 22.2 Å². The summed E-state index contributed by atoms with van der Waals surface area (Å²) in [6, 6.07) is 14.6. The van der Waals surface area contributed by atoms with Gasteiger partial charge in [-0.3, -0.25) is 9.59 Å². The van der Waals surface area contributed by atoms with Crippen LogP contribution in [0.15, 0.2) is 48.5 Å². The number of carbonyl (C=O) groups excluding carboxylic acids is 3. The lowest BCUT2D eigenvalue weighted by Gasteiger charge is -2.18. The monoisotopic (exact) mass is 559 g/mol. The molecule has 9 nitrogen and oxygen atoms in total. The number of esters is 1. The van der Waals surface area contributed by atoms with E-state index in [9.17, 15) is 14.4 Å². The van der Waals surface area contributed by atoms with E-state index in [1.165, 1.54) is 0 Å². The summed E-state index contributed by atoms with van der Waals surface area (Å²) in [7, 11) is 0. The fourth-order valence-electron chi connectivity index (χ4n) is 4.65. The molecule has 4 aromatic rings. The van der Waals surface area contributed by atoms with Gasteiger partial charge < -0.3 is 24.4 Å². The van der Waals surface area contributed by atoms with E-state index < -0.39 is 11.9 Å². The average Bonchev–Trinajstić information content (AvgIpc) is 3.56. The quantitative estimate of drug-likeness (QED) is 0.267. The highest BCUT2D eigenvalue weighted by molar-refractivity contribution is 7.18. The summed E-state index contributed by atoms with van der Waals surface area (Å²) in [6.07, 6.45) is 0. The summed E-state index contributed by atoms with van der Waals surface area (Å²) < 4.78 is 16.2. The number of anilines is 1. The molecule has 40 heavy (non-hydrogen) atoms. The van der Waals surface area contributed by atoms with Gasteiger partial charge in [-0.15, -0.1) is 11.3 Å². The van der Waals surface area contributed by atoms with Gasteiger partial charge in [0.1, 0.15) is 5.00 Å². The van der Waals surface area contributed by atoms with Crippen LogP contribution in [0.5, 0.6) is 11.5 Å². The SMILES string of the molecule is CCOC(=O)c1c(NC(=O)c2cc(-c3ccc4c(c3)OCO4)nc3ccccc23)sc(C(=O)N(CC)CC)c1C. The van der Waals surface area contributed by atoms with Crippen LogP contribution < -0.4 is 14.8 Å². The number of fused-ring (bicyclic) bond motifs is 2. The van der Waals surface area contributed by atoms with Gasteiger partial charge in [-0.25, -0.2) is 9.78 Å². The second-order valence-electron chi connectivity index (χ2n) is 9.05. The van der Waals surface area contributed by atoms with Crippen molar-refractivity contribution in [2.75, 3.05) is 31.8 Å². The van der Waals surface area contributed by atoms with Gasteiger partial charge in [0.25, 0.3) is 11.8 Å². The number of hydrogen-bond donors (Lipinski definition) is 1. The van der Waals surface area contributed by atoms with Crippen LogP contribution in [0.2, 0.25) is 0 Å². The molecule has 2 amide bonds. The fraction of sp³-hybridized carbons (Fsp3) is 0.267. The molecule has 10 heteroatoms. The van der Waals surface area contributed by atoms with Crippen LogP contribution >= 0.6 is 11.3 Å². The molecular formula is C30H29N3O6S. The van der Waals surface area contributed by atoms with Crippen molar-refractivity contribution < 1.29 is 28.6 Å².